The van der Waals surface area contributed by atoms with E-state index in [1.54, 1.807) is 0 Å². The van der Waals surface area contributed by atoms with Crippen molar-refractivity contribution in [1.82, 2.24) is 10.6 Å². The third-order valence-corrected chi connectivity index (χ3v) is 3.05. The molecule has 100 valence electrons. The lowest BCUT2D eigenvalue weighted by molar-refractivity contribution is -0.121. The van der Waals surface area contributed by atoms with Gasteiger partial charge in [0.25, 0.3) is 0 Å². The third-order valence-electron chi connectivity index (χ3n) is 3.05. The molecule has 0 fully saturated rings. The summed E-state index contributed by atoms with van der Waals surface area (Å²) in [5, 5.41) is 6.11. The highest BCUT2D eigenvalue weighted by atomic mass is 16.1. The number of carbonyl (C=O) groups excluding carboxylic acids is 1. The van der Waals surface area contributed by atoms with Gasteiger partial charge in [0.1, 0.15) is 0 Å². The first-order valence-corrected chi connectivity index (χ1v) is 6.76. The molecule has 0 spiro atoms. The van der Waals surface area contributed by atoms with E-state index in [9.17, 15) is 4.79 Å². The lowest BCUT2D eigenvalue weighted by Crippen LogP contribution is -2.28. The Morgan fingerprint density at radius 1 is 1.22 bits per heavy atom. The Balaban J connectivity index is 2.16. The fourth-order valence-corrected chi connectivity index (χ4v) is 1.84. The maximum atomic E-state index is 11.5. The third kappa shape index (κ3) is 5.82. The summed E-state index contributed by atoms with van der Waals surface area (Å²) in [6.07, 6.45) is 1.55. The average Bonchev–Trinajstić information content (AvgIpc) is 2.40. The van der Waals surface area contributed by atoms with Crippen LogP contribution in [0.3, 0.4) is 0 Å². The zero-order valence-electron chi connectivity index (χ0n) is 11.4. The van der Waals surface area contributed by atoms with E-state index < -0.39 is 0 Å². The van der Waals surface area contributed by atoms with E-state index in [4.69, 9.17) is 0 Å². The minimum Gasteiger partial charge on any atom is -0.356 e. The van der Waals surface area contributed by atoms with Crippen LogP contribution in [0.4, 0.5) is 0 Å². The molecule has 3 heteroatoms. The van der Waals surface area contributed by atoms with Gasteiger partial charge < -0.3 is 10.6 Å². The number of carbonyl (C=O) groups is 1. The van der Waals surface area contributed by atoms with Gasteiger partial charge in [0.2, 0.25) is 5.91 Å². The Hall–Kier alpha value is -1.35. The van der Waals surface area contributed by atoms with Crippen molar-refractivity contribution in [2.75, 3.05) is 19.6 Å². The largest absolute Gasteiger partial charge is 0.356 e. The summed E-state index contributed by atoms with van der Waals surface area (Å²) in [5.41, 5.74) is 1.33. The Morgan fingerprint density at radius 3 is 2.61 bits per heavy atom. The molecule has 1 aromatic rings. The molecule has 0 saturated heterocycles. The molecule has 2 N–H and O–H groups in total. The first-order valence-electron chi connectivity index (χ1n) is 6.76. The van der Waals surface area contributed by atoms with E-state index in [2.05, 4.69) is 41.8 Å². The van der Waals surface area contributed by atoms with Crippen molar-refractivity contribution in [2.24, 2.45) is 0 Å². The van der Waals surface area contributed by atoms with Crippen molar-refractivity contribution in [3.05, 3.63) is 35.9 Å². The lowest BCUT2D eigenvalue weighted by Gasteiger charge is -2.12. The van der Waals surface area contributed by atoms with Crippen LogP contribution >= 0.6 is 0 Å². The van der Waals surface area contributed by atoms with Crippen LogP contribution in [0.5, 0.6) is 0 Å². The topological polar surface area (TPSA) is 41.1 Å². The highest BCUT2D eigenvalue weighted by molar-refractivity contribution is 5.75. The number of hydrogen-bond acceptors (Lipinski definition) is 2. The lowest BCUT2D eigenvalue weighted by atomic mass is 9.98. The van der Waals surface area contributed by atoms with Crippen molar-refractivity contribution < 1.29 is 4.79 Å². The van der Waals surface area contributed by atoms with Crippen LogP contribution in [-0.4, -0.2) is 25.5 Å². The Bertz CT molecular complexity index is 338. The summed E-state index contributed by atoms with van der Waals surface area (Å²) in [6, 6.07) is 10.4. The van der Waals surface area contributed by atoms with Crippen LogP contribution in [0.1, 0.15) is 38.2 Å². The molecule has 0 heterocycles. The maximum absolute atomic E-state index is 11.5. The second kappa shape index (κ2) is 8.70. The van der Waals surface area contributed by atoms with Gasteiger partial charge in [-0.05, 0) is 24.4 Å². The quantitative estimate of drug-likeness (QED) is 0.693. The van der Waals surface area contributed by atoms with Gasteiger partial charge in [0.15, 0.2) is 0 Å². The second-order valence-corrected chi connectivity index (χ2v) is 4.55. The normalized spacial score (nSPS) is 12.1. The summed E-state index contributed by atoms with van der Waals surface area (Å²) in [4.78, 5) is 11.5. The fraction of sp³-hybridized carbons (Fsp3) is 0.533. The fourth-order valence-electron chi connectivity index (χ4n) is 1.84. The smallest absolute Gasteiger partial charge is 0.221 e. The summed E-state index contributed by atoms with van der Waals surface area (Å²) in [7, 11) is 0. The van der Waals surface area contributed by atoms with Gasteiger partial charge in [0.05, 0.1) is 0 Å². The molecule has 1 rings (SSSR count). The van der Waals surface area contributed by atoms with Crippen LogP contribution in [0, 0.1) is 0 Å². The monoisotopic (exact) mass is 248 g/mol. The first kappa shape index (κ1) is 14.7. The summed E-state index contributed by atoms with van der Waals surface area (Å²) in [5.74, 6) is 0.622. The molecule has 0 bridgehead atoms. The van der Waals surface area contributed by atoms with Crippen LogP contribution in [0.2, 0.25) is 0 Å². The molecule has 1 aromatic carbocycles. The number of amides is 1. The SMILES string of the molecule is CCNCCC(=O)NCCC(C)c1ccccc1. The van der Waals surface area contributed by atoms with Crippen LogP contribution in [0.25, 0.3) is 0 Å². The van der Waals surface area contributed by atoms with Gasteiger partial charge in [-0.25, -0.2) is 0 Å². The molecule has 0 aliphatic carbocycles. The van der Waals surface area contributed by atoms with Crippen LogP contribution < -0.4 is 10.6 Å². The predicted molar refractivity (Wildman–Crippen MR) is 75.6 cm³/mol. The summed E-state index contributed by atoms with van der Waals surface area (Å²) in [6.45, 7) is 6.66. The van der Waals surface area contributed by atoms with E-state index >= 15 is 0 Å². The number of hydrogen-bond donors (Lipinski definition) is 2. The van der Waals surface area contributed by atoms with Gasteiger partial charge >= 0.3 is 0 Å². The van der Waals surface area contributed by atoms with Gasteiger partial charge in [-0.15, -0.1) is 0 Å². The average molecular weight is 248 g/mol. The van der Waals surface area contributed by atoms with E-state index in [-0.39, 0.29) is 5.91 Å². The van der Waals surface area contributed by atoms with Crippen LogP contribution in [-0.2, 0) is 4.79 Å². The van der Waals surface area contributed by atoms with Gasteiger partial charge in [-0.2, -0.15) is 0 Å². The molecule has 1 amide bonds. The number of rotatable bonds is 8. The zero-order chi connectivity index (χ0) is 13.2. The standard InChI is InChI=1S/C15H24N2O/c1-3-16-11-10-15(18)17-12-9-13(2)14-7-5-4-6-8-14/h4-8,13,16H,3,9-12H2,1-2H3,(H,17,18). The van der Waals surface area contributed by atoms with E-state index in [1.807, 2.05) is 13.0 Å². The first-order chi connectivity index (χ1) is 8.74. The number of benzene rings is 1. The Morgan fingerprint density at radius 2 is 1.94 bits per heavy atom. The summed E-state index contributed by atoms with van der Waals surface area (Å²) < 4.78 is 0. The van der Waals surface area contributed by atoms with Crippen molar-refractivity contribution in [3.8, 4) is 0 Å². The minimum absolute atomic E-state index is 0.135. The summed E-state index contributed by atoms with van der Waals surface area (Å²) >= 11 is 0. The Kier molecular flexibility index (Phi) is 7.11. The van der Waals surface area contributed by atoms with Crippen molar-refractivity contribution >= 4 is 5.91 Å². The molecule has 18 heavy (non-hydrogen) atoms. The molecular formula is C15H24N2O. The van der Waals surface area contributed by atoms with Crippen LogP contribution in [0.15, 0.2) is 30.3 Å². The van der Waals surface area contributed by atoms with Crippen molar-refractivity contribution in [1.29, 1.82) is 0 Å². The molecule has 0 aliphatic rings. The second-order valence-electron chi connectivity index (χ2n) is 4.55. The van der Waals surface area contributed by atoms with E-state index in [1.165, 1.54) is 5.56 Å². The molecule has 0 saturated carbocycles. The molecule has 1 atom stereocenters. The van der Waals surface area contributed by atoms with Crippen molar-refractivity contribution in [3.63, 3.8) is 0 Å². The molecule has 1 unspecified atom stereocenters. The van der Waals surface area contributed by atoms with Crippen molar-refractivity contribution in [2.45, 2.75) is 32.6 Å². The zero-order valence-corrected chi connectivity index (χ0v) is 11.4. The highest BCUT2D eigenvalue weighted by Crippen LogP contribution is 2.17. The minimum atomic E-state index is 0.135. The molecule has 0 radical (unpaired) electrons. The highest BCUT2D eigenvalue weighted by Gasteiger charge is 2.05. The van der Waals surface area contributed by atoms with Gasteiger partial charge in [0, 0.05) is 19.5 Å². The Labute approximate surface area is 110 Å². The predicted octanol–water partition coefficient (Wildman–Crippen LogP) is 2.30. The van der Waals surface area contributed by atoms with Gasteiger partial charge in [-0.3, -0.25) is 4.79 Å². The molecular weight excluding hydrogens is 224 g/mol. The maximum Gasteiger partial charge on any atom is 0.221 e. The van der Waals surface area contributed by atoms with E-state index in [0.29, 0.717) is 12.3 Å². The van der Waals surface area contributed by atoms with E-state index in [0.717, 1.165) is 26.1 Å². The molecule has 3 nitrogen and oxygen atoms in total. The number of nitrogens with one attached hydrogen (secondary N) is 2. The molecule has 0 aliphatic heterocycles. The molecule has 0 aromatic heterocycles. The van der Waals surface area contributed by atoms with Gasteiger partial charge in [-0.1, -0.05) is 44.2 Å².